The average molecular weight is 210 g/mol. The van der Waals surface area contributed by atoms with Gasteiger partial charge in [0.2, 0.25) is 5.78 Å². The van der Waals surface area contributed by atoms with Gasteiger partial charge in [0, 0.05) is 12.3 Å². The fraction of sp³-hybridized carbons (Fsp3) is 0.727. The number of methoxy groups -OCH3 is 1. The first kappa shape index (κ1) is 10.3. The third kappa shape index (κ3) is 1.17. The highest BCUT2D eigenvalue weighted by Gasteiger charge is 2.68. The van der Waals surface area contributed by atoms with Crippen LogP contribution in [0.15, 0.2) is 0 Å². The number of hydrogen-bond acceptors (Lipinski definition) is 4. The molecule has 0 aromatic rings. The second-order valence-corrected chi connectivity index (χ2v) is 4.78. The van der Waals surface area contributed by atoms with Crippen molar-refractivity contribution in [2.45, 2.75) is 20.3 Å². The fourth-order valence-corrected chi connectivity index (χ4v) is 3.01. The molecule has 0 aromatic carbocycles. The zero-order chi connectivity index (χ0) is 11.4. The van der Waals surface area contributed by atoms with E-state index in [1.54, 1.807) is 6.92 Å². The van der Waals surface area contributed by atoms with Crippen LogP contribution in [0.3, 0.4) is 0 Å². The maximum absolute atomic E-state index is 11.6. The molecule has 0 heterocycles. The van der Waals surface area contributed by atoms with Crippen molar-refractivity contribution in [3.8, 4) is 0 Å². The van der Waals surface area contributed by atoms with Gasteiger partial charge in [-0.05, 0) is 18.8 Å². The number of hydrogen-bond donors (Lipinski definition) is 0. The van der Waals surface area contributed by atoms with Crippen LogP contribution in [-0.2, 0) is 19.1 Å². The van der Waals surface area contributed by atoms with Crippen LogP contribution >= 0.6 is 0 Å². The highest BCUT2D eigenvalue weighted by molar-refractivity contribution is 6.40. The Morgan fingerprint density at radius 1 is 1.47 bits per heavy atom. The molecule has 0 bridgehead atoms. The minimum absolute atomic E-state index is 0.00398. The number of carbonyl (C=O) groups is 3. The SMILES string of the molecule is COC(=O)C1(C)CC(=O)C(=O)C2C(C)C21. The molecule has 0 saturated heterocycles. The van der Waals surface area contributed by atoms with E-state index in [0.29, 0.717) is 0 Å². The molecule has 0 radical (unpaired) electrons. The first-order chi connectivity index (χ1) is 6.93. The van der Waals surface area contributed by atoms with E-state index < -0.39 is 11.2 Å². The van der Waals surface area contributed by atoms with Crippen LogP contribution in [0.25, 0.3) is 0 Å². The molecule has 2 fully saturated rings. The summed E-state index contributed by atoms with van der Waals surface area (Å²) in [5.41, 5.74) is -0.788. The second-order valence-electron chi connectivity index (χ2n) is 4.78. The van der Waals surface area contributed by atoms with Gasteiger partial charge >= 0.3 is 5.97 Å². The summed E-state index contributed by atoms with van der Waals surface area (Å²) in [6.45, 7) is 3.64. The predicted molar refractivity (Wildman–Crippen MR) is 50.9 cm³/mol. The smallest absolute Gasteiger partial charge is 0.312 e. The van der Waals surface area contributed by atoms with Crippen molar-refractivity contribution in [2.75, 3.05) is 7.11 Å². The Bertz CT molecular complexity index is 360. The van der Waals surface area contributed by atoms with Crippen molar-refractivity contribution in [2.24, 2.45) is 23.2 Å². The summed E-state index contributed by atoms with van der Waals surface area (Å²) in [7, 11) is 1.32. The van der Waals surface area contributed by atoms with Crippen LogP contribution in [-0.4, -0.2) is 24.6 Å². The summed E-state index contributed by atoms with van der Waals surface area (Å²) < 4.78 is 4.72. The van der Waals surface area contributed by atoms with E-state index in [4.69, 9.17) is 4.74 Å². The third-order valence-electron chi connectivity index (χ3n) is 3.87. The first-order valence-electron chi connectivity index (χ1n) is 5.09. The van der Waals surface area contributed by atoms with Gasteiger partial charge in [-0.3, -0.25) is 14.4 Å². The molecule has 0 spiro atoms. The molecule has 4 nitrogen and oxygen atoms in total. The lowest BCUT2D eigenvalue weighted by Crippen LogP contribution is -2.41. The fourth-order valence-electron chi connectivity index (χ4n) is 3.01. The van der Waals surface area contributed by atoms with Crippen molar-refractivity contribution >= 4 is 17.5 Å². The van der Waals surface area contributed by atoms with Crippen molar-refractivity contribution in [1.82, 2.24) is 0 Å². The number of fused-ring (bicyclic) bond motifs is 1. The van der Waals surface area contributed by atoms with Crippen LogP contribution in [0.1, 0.15) is 20.3 Å². The van der Waals surface area contributed by atoms with Crippen molar-refractivity contribution in [3.05, 3.63) is 0 Å². The Kier molecular flexibility index (Phi) is 2.00. The minimum atomic E-state index is -0.788. The Balaban J connectivity index is 2.33. The Morgan fingerprint density at radius 3 is 2.60 bits per heavy atom. The van der Waals surface area contributed by atoms with Gasteiger partial charge in [-0.15, -0.1) is 0 Å². The molecule has 0 N–H and O–H groups in total. The highest BCUT2D eigenvalue weighted by Crippen LogP contribution is 2.61. The molecule has 2 aliphatic rings. The van der Waals surface area contributed by atoms with E-state index in [1.165, 1.54) is 7.11 Å². The van der Waals surface area contributed by atoms with E-state index in [0.717, 1.165) is 0 Å². The van der Waals surface area contributed by atoms with E-state index in [9.17, 15) is 14.4 Å². The maximum Gasteiger partial charge on any atom is 0.312 e. The lowest BCUT2D eigenvalue weighted by atomic mass is 9.74. The summed E-state index contributed by atoms with van der Waals surface area (Å²) in [6.07, 6.45) is 0.00398. The Labute approximate surface area is 88.0 Å². The van der Waals surface area contributed by atoms with Gasteiger partial charge < -0.3 is 4.74 Å². The average Bonchev–Trinajstić information content (AvgIpc) is 2.86. The summed E-state index contributed by atoms with van der Waals surface area (Å²) in [6, 6.07) is 0. The lowest BCUT2D eigenvalue weighted by molar-refractivity contribution is -0.158. The number of Topliss-reactive ketones (excluding diaryl/α,β-unsaturated/α-hetero) is 2. The molecule has 0 aromatic heterocycles. The largest absolute Gasteiger partial charge is 0.469 e. The van der Waals surface area contributed by atoms with Gasteiger partial charge in [-0.2, -0.15) is 0 Å². The number of esters is 1. The van der Waals surface area contributed by atoms with Crippen LogP contribution < -0.4 is 0 Å². The van der Waals surface area contributed by atoms with Crippen LogP contribution in [0.5, 0.6) is 0 Å². The molecule has 2 aliphatic carbocycles. The number of carbonyl (C=O) groups excluding carboxylic acids is 3. The summed E-state index contributed by atoms with van der Waals surface area (Å²) in [5, 5.41) is 0. The molecule has 2 saturated carbocycles. The van der Waals surface area contributed by atoms with Crippen LogP contribution in [0, 0.1) is 23.2 Å². The van der Waals surface area contributed by atoms with Crippen molar-refractivity contribution in [3.63, 3.8) is 0 Å². The van der Waals surface area contributed by atoms with Gasteiger partial charge in [0.05, 0.1) is 12.5 Å². The molecule has 2 rings (SSSR count). The number of ether oxygens (including phenoxy) is 1. The highest BCUT2D eigenvalue weighted by atomic mass is 16.5. The Morgan fingerprint density at radius 2 is 2.07 bits per heavy atom. The van der Waals surface area contributed by atoms with Gasteiger partial charge in [0.15, 0.2) is 5.78 Å². The van der Waals surface area contributed by atoms with Gasteiger partial charge in [-0.25, -0.2) is 0 Å². The quantitative estimate of drug-likeness (QED) is 0.469. The number of ketones is 2. The number of rotatable bonds is 1. The van der Waals surface area contributed by atoms with Gasteiger partial charge in [-0.1, -0.05) is 6.92 Å². The lowest BCUT2D eigenvalue weighted by Gasteiger charge is -2.28. The normalized spacial score (nSPS) is 43.5. The summed E-state index contributed by atoms with van der Waals surface area (Å²) in [4.78, 5) is 34.6. The van der Waals surface area contributed by atoms with Crippen molar-refractivity contribution < 1.29 is 19.1 Å². The molecular formula is C11H14O4. The van der Waals surface area contributed by atoms with Crippen LogP contribution in [0.4, 0.5) is 0 Å². The molecule has 4 heteroatoms. The zero-order valence-electron chi connectivity index (χ0n) is 9.07. The van der Waals surface area contributed by atoms with E-state index >= 15 is 0 Å². The standard InChI is InChI=1S/C11H14O4/c1-5-7-8(5)11(2,10(14)15-3)4-6(12)9(7)13/h5,7-8H,4H2,1-3H3. The molecule has 4 unspecified atom stereocenters. The molecule has 82 valence electrons. The molecule has 4 atom stereocenters. The van der Waals surface area contributed by atoms with E-state index in [1.807, 2.05) is 6.92 Å². The topological polar surface area (TPSA) is 60.4 Å². The maximum atomic E-state index is 11.6. The minimum Gasteiger partial charge on any atom is -0.469 e. The third-order valence-corrected chi connectivity index (χ3v) is 3.87. The van der Waals surface area contributed by atoms with Crippen LogP contribution in [0.2, 0.25) is 0 Å². The van der Waals surface area contributed by atoms with Gasteiger partial charge in [0.25, 0.3) is 0 Å². The van der Waals surface area contributed by atoms with E-state index in [2.05, 4.69) is 0 Å². The predicted octanol–water partition coefficient (Wildman–Crippen LogP) is 0.590. The molecule has 0 amide bonds. The molecular weight excluding hydrogens is 196 g/mol. The second kappa shape index (κ2) is 2.90. The van der Waals surface area contributed by atoms with E-state index in [-0.39, 0.29) is 35.9 Å². The molecule has 0 aliphatic heterocycles. The van der Waals surface area contributed by atoms with Crippen molar-refractivity contribution in [1.29, 1.82) is 0 Å². The zero-order valence-corrected chi connectivity index (χ0v) is 9.07. The summed E-state index contributed by atoms with van der Waals surface area (Å²) >= 11 is 0. The summed E-state index contributed by atoms with van der Waals surface area (Å²) in [5.74, 6) is -1.20. The van der Waals surface area contributed by atoms with Gasteiger partial charge in [0.1, 0.15) is 0 Å². The monoisotopic (exact) mass is 210 g/mol. The Hall–Kier alpha value is -1.19. The molecule has 15 heavy (non-hydrogen) atoms. The first-order valence-corrected chi connectivity index (χ1v) is 5.09.